The fourth-order valence-electron chi connectivity index (χ4n) is 5.21. The first-order valence-electron chi connectivity index (χ1n) is 12.0. The van der Waals surface area contributed by atoms with Gasteiger partial charge in [0.15, 0.2) is 5.13 Å². The molecule has 2 atom stereocenters. The van der Waals surface area contributed by atoms with Gasteiger partial charge in [0.05, 0.1) is 15.8 Å². The van der Waals surface area contributed by atoms with Crippen molar-refractivity contribution in [3.8, 4) is 5.75 Å². The zero-order valence-corrected chi connectivity index (χ0v) is 21.2. The molecule has 0 radical (unpaired) electrons. The predicted molar refractivity (Wildman–Crippen MR) is 141 cm³/mol. The Morgan fingerprint density at radius 2 is 1.92 bits per heavy atom. The Bertz CT molecular complexity index is 1660. The van der Waals surface area contributed by atoms with Crippen LogP contribution in [0.5, 0.6) is 5.75 Å². The predicted octanol–water partition coefficient (Wildman–Crippen LogP) is 6.00. The number of ketones is 1. The Balaban J connectivity index is 1.56. The normalized spacial score (nSPS) is 20.5. The van der Waals surface area contributed by atoms with Crippen LogP contribution in [0.3, 0.4) is 0 Å². The van der Waals surface area contributed by atoms with Gasteiger partial charge in [0, 0.05) is 17.5 Å². The molecule has 1 amide bonds. The molecular formula is C29H23FN2O4S. The third-order valence-electron chi connectivity index (χ3n) is 6.84. The second kappa shape index (κ2) is 8.52. The van der Waals surface area contributed by atoms with Crippen LogP contribution in [-0.2, 0) is 16.0 Å². The van der Waals surface area contributed by atoms with Crippen molar-refractivity contribution in [2.24, 2.45) is 0 Å². The van der Waals surface area contributed by atoms with E-state index in [0.717, 1.165) is 27.1 Å². The molecule has 4 aromatic rings. The van der Waals surface area contributed by atoms with Gasteiger partial charge >= 0.3 is 5.91 Å². The molecule has 1 N–H and O–H groups in total. The summed E-state index contributed by atoms with van der Waals surface area (Å²) >= 11 is 1.26. The van der Waals surface area contributed by atoms with E-state index in [1.54, 1.807) is 24.3 Å². The Kier molecular flexibility index (Phi) is 5.38. The first kappa shape index (κ1) is 23.4. The molecule has 2 aliphatic heterocycles. The highest BCUT2D eigenvalue weighted by molar-refractivity contribution is 7.22. The van der Waals surface area contributed by atoms with E-state index >= 15 is 4.39 Å². The maximum atomic E-state index is 15.2. The Hall–Kier alpha value is -4.04. The number of rotatable bonds is 3. The number of hydrogen-bond donors (Lipinski definition) is 1. The van der Waals surface area contributed by atoms with Crippen molar-refractivity contribution in [3.05, 3.63) is 93.8 Å². The number of benzene rings is 3. The van der Waals surface area contributed by atoms with E-state index in [0.29, 0.717) is 17.5 Å². The molecule has 3 aromatic carbocycles. The van der Waals surface area contributed by atoms with Crippen molar-refractivity contribution in [2.45, 2.75) is 39.3 Å². The largest absolute Gasteiger partial charge is 0.507 e. The molecule has 1 fully saturated rings. The van der Waals surface area contributed by atoms with E-state index in [9.17, 15) is 14.7 Å². The van der Waals surface area contributed by atoms with Crippen molar-refractivity contribution in [2.75, 3.05) is 4.90 Å². The first-order valence-corrected chi connectivity index (χ1v) is 12.8. The first-order chi connectivity index (χ1) is 17.7. The number of carbonyl (C=O) groups is 2. The topological polar surface area (TPSA) is 79.7 Å². The minimum Gasteiger partial charge on any atom is -0.507 e. The molecule has 186 valence electrons. The van der Waals surface area contributed by atoms with Crippen LogP contribution in [0.1, 0.15) is 40.8 Å². The number of aliphatic hydroxyl groups excluding tert-OH is 1. The number of aryl methyl sites for hydroxylation is 2. The van der Waals surface area contributed by atoms with Gasteiger partial charge in [-0.2, -0.15) is 0 Å². The molecule has 0 aliphatic carbocycles. The molecule has 37 heavy (non-hydrogen) atoms. The summed E-state index contributed by atoms with van der Waals surface area (Å²) in [4.78, 5) is 32.8. The third-order valence-corrected chi connectivity index (χ3v) is 7.84. The van der Waals surface area contributed by atoms with Crippen LogP contribution in [0.4, 0.5) is 9.52 Å². The third kappa shape index (κ3) is 3.71. The lowest BCUT2D eigenvalue weighted by molar-refractivity contribution is -0.132. The number of anilines is 1. The van der Waals surface area contributed by atoms with Gasteiger partial charge in [0.25, 0.3) is 5.78 Å². The number of thiazole rings is 1. The van der Waals surface area contributed by atoms with Crippen LogP contribution in [0.15, 0.2) is 60.2 Å². The summed E-state index contributed by atoms with van der Waals surface area (Å²) < 4.78 is 21.8. The van der Waals surface area contributed by atoms with Gasteiger partial charge in [-0.15, -0.1) is 0 Å². The van der Waals surface area contributed by atoms with E-state index in [1.807, 2.05) is 32.9 Å². The van der Waals surface area contributed by atoms with Crippen LogP contribution < -0.4 is 9.64 Å². The molecule has 0 bridgehead atoms. The zero-order valence-electron chi connectivity index (χ0n) is 20.4. The lowest BCUT2D eigenvalue weighted by atomic mass is 9.94. The summed E-state index contributed by atoms with van der Waals surface area (Å²) in [5, 5.41) is 11.7. The van der Waals surface area contributed by atoms with Crippen LogP contribution in [0.2, 0.25) is 0 Å². The molecule has 2 unspecified atom stereocenters. The maximum absolute atomic E-state index is 15.2. The lowest BCUT2D eigenvalue weighted by Crippen LogP contribution is -2.29. The van der Waals surface area contributed by atoms with E-state index in [-0.39, 0.29) is 28.1 Å². The standard InChI is InChI=1S/C29H23FN2O4S/c1-14-10-15(2)24-22(11-14)37-29(31-24)32-25(19-6-4-5-7-20(19)30)23(27(34)28(32)35)26(33)17-8-9-21-18(13-17)12-16(3)36-21/h4-11,13,16,25,33H,12H2,1-3H3/b26-23-. The molecule has 0 saturated carbocycles. The number of ether oxygens (including phenoxy) is 1. The van der Waals surface area contributed by atoms with Crippen LogP contribution in [-0.4, -0.2) is 27.9 Å². The molecule has 6 rings (SSSR count). The number of amides is 1. The van der Waals surface area contributed by atoms with E-state index in [1.165, 1.54) is 34.4 Å². The van der Waals surface area contributed by atoms with Gasteiger partial charge in [0.2, 0.25) is 0 Å². The van der Waals surface area contributed by atoms with E-state index in [4.69, 9.17) is 4.74 Å². The second-order valence-electron chi connectivity index (χ2n) is 9.57. The van der Waals surface area contributed by atoms with Gasteiger partial charge in [0.1, 0.15) is 29.5 Å². The van der Waals surface area contributed by atoms with Gasteiger partial charge in [-0.25, -0.2) is 9.37 Å². The summed E-state index contributed by atoms with van der Waals surface area (Å²) in [5.41, 5.74) is 3.89. The van der Waals surface area contributed by atoms with Crippen LogP contribution >= 0.6 is 11.3 Å². The van der Waals surface area contributed by atoms with Gasteiger partial charge < -0.3 is 9.84 Å². The van der Waals surface area contributed by atoms with E-state index in [2.05, 4.69) is 4.98 Å². The molecular weight excluding hydrogens is 491 g/mol. The van der Waals surface area contributed by atoms with Crippen molar-refractivity contribution >= 4 is 44.1 Å². The van der Waals surface area contributed by atoms with Gasteiger partial charge in [-0.3, -0.25) is 14.5 Å². The van der Waals surface area contributed by atoms with Crippen molar-refractivity contribution in [1.82, 2.24) is 4.98 Å². The number of nitrogens with zero attached hydrogens (tertiary/aromatic N) is 2. The fraction of sp³-hybridized carbons (Fsp3) is 0.207. The maximum Gasteiger partial charge on any atom is 0.301 e. The molecule has 1 saturated heterocycles. The molecule has 3 heterocycles. The van der Waals surface area contributed by atoms with Gasteiger partial charge in [-0.05, 0) is 67.8 Å². The van der Waals surface area contributed by atoms with Crippen molar-refractivity contribution < 1.29 is 23.8 Å². The summed E-state index contributed by atoms with van der Waals surface area (Å²) in [6.07, 6.45) is 0.661. The summed E-state index contributed by atoms with van der Waals surface area (Å²) in [6.45, 7) is 5.85. The fourth-order valence-corrected chi connectivity index (χ4v) is 6.38. The number of halogens is 1. The smallest absolute Gasteiger partial charge is 0.301 e. The minimum atomic E-state index is -1.17. The number of fused-ring (bicyclic) bond motifs is 2. The van der Waals surface area contributed by atoms with Crippen molar-refractivity contribution in [3.63, 3.8) is 0 Å². The van der Waals surface area contributed by atoms with Crippen molar-refractivity contribution in [1.29, 1.82) is 0 Å². The van der Waals surface area contributed by atoms with Crippen LogP contribution in [0.25, 0.3) is 16.0 Å². The highest BCUT2D eigenvalue weighted by Crippen LogP contribution is 2.45. The summed E-state index contributed by atoms with van der Waals surface area (Å²) in [5.74, 6) is -1.97. The monoisotopic (exact) mass is 514 g/mol. The van der Waals surface area contributed by atoms with Gasteiger partial charge in [-0.1, -0.05) is 35.6 Å². The summed E-state index contributed by atoms with van der Waals surface area (Å²) in [7, 11) is 0. The highest BCUT2D eigenvalue weighted by atomic mass is 32.1. The number of Topliss-reactive ketones (excluding diaryl/α,β-unsaturated/α-hetero) is 1. The number of aromatic nitrogens is 1. The number of aliphatic hydroxyl groups is 1. The molecule has 6 nitrogen and oxygen atoms in total. The minimum absolute atomic E-state index is 0.00233. The quantitative estimate of drug-likeness (QED) is 0.206. The Labute approximate surface area is 216 Å². The molecule has 1 aromatic heterocycles. The molecule has 2 aliphatic rings. The highest BCUT2D eigenvalue weighted by Gasteiger charge is 2.49. The second-order valence-corrected chi connectivity index (χ2v) is 10.6. The Morgan fingerprint density at radius 1 is 1.14 bits per heavy atom. The number of hydrogen-bond acceptors (Lipinski definition) is 6. The zero-order chi connectivity index (χ0) is 26.0. The van der Waals surface area contributed by atoms with E-state index < -0.39 is 23.5 Å². The average molecular weight is 515 g/mol. The SMILES string of the molecule is Cc1cc(C)c2nc(N3C(=O)C(=O)/C(=C(\O)c4ccc5c(c4)CC(C)O5)C3c3ccccc3F)sc2c1. The number of carbonyl (C=O) groups excluding carboxylic acids is 2. The van der Waals surface area contributed by atoms with Crippen LogP contribution in [0, 0.1) is 19.7 Å². The average Bonchev–Trinajstić information content (AvgIpc) is 3.52. The molecule has 8 heteroatoms. The lowest BCUT2D eigenvalue weighted by Gasteiger charge is -2.23. The summed E-state index contributed by atoms with van der Waals surface area (Å²) in [6, 6.07) is 13.9. The molecule has 0 spiro atoms. The Morgan fingerprint density at radius 3 is 2.70 bits per heavy atom.